The van der Waals surface area contributed by atoms with E-state index >= 15 is 0 Å². The summed E-state index contributed by atoms with van der Waals surface area (Å²) in [6.45, 7) is 2.65. The molecule has 0 unspecified atom stereocenters. The Morgan fingerprint density at radius 3 is 2.83 bits per heavy atom. The van der Waals surface area contributed by atoms with E-state index in [1.54, 1.807) is 4.90 Å². The Kier molecular flexibility index (Phi) is 7.05. The van der Waals surface area contributed by atoms with Crippen LogP contribution in [0.5, 0.6) is 0 Å². The van der Waals surface area contributed by atoms with Gasteiger partial charge in [-0.05, 0) is 43.5 Å². The van der Waals surface area contributed by atoms with Crippen molar-refractivity contribution in [3.05, 3.63) is 28.2 Å². The molecule has 4 nitrogen and oxygen atoms in total. The van der Waals surface area contributed by atoms with E-state index in [2.05, 4.69) is 21.2 Å². The van der Waals surface area contributed by atoms with Crippen molar-refractivity contribution in [2.24, 2.45) is 0 Å². The first-order chi connectivity index (χ1) is 11.0. The summed E-state index contributed by atoms with van der Waals surface area (Å²) < 4.78 is 1.71. The lowest BCUT2D eigenvalue weighted by Crippen LogP contribution is -2.29. The van der Waals surface area contributed by atoms with Gasteiger partial charge in [-0.2, -0.15) is 0 Å². The lowest BCUT2D eigenvalue weighted by Gasteiger charge is -2.14. The third-order valence-corrected chi connectivity index (χ3v) is 5.89. The van der Waals surface area contributed by atoms with Crippen LogP contribution in [0.15, 0.2) is 22.7 Å². The minimum Gasteiger partial charge on any atom is -0.326 e. The van der Waals surface area contributed by atoms with Gasteiger partial charge in [-0.15, -0.1) is 0 Å². The number of nitrogens with one attached hydrogen (secondary N) is 1. The molecule has 1 aliphatic heterocycles. The molecule has 1 saturated heterocycles. The number of benzene rings is 1. The van der Waals surface area contributed by atoms with Crippen LogP contribution in [0, 0.1) is 6.92 Å². The molecule has 0 spiro atoms. The van der Waals surface area contributed by atoms with Crippen LogP contribution in [0.25, 0.3) is 0 Å². The van der Waals surface area contributed by atoms with Gasteiger partial charge in [0.05, 0.1) is 5.75 Å². The lowest BCUT2D eigenvalue weighted by molar-refractivity contribution is -0.124. The fourth-order valence-electron chi connectivity index (χ4n) is 2.28. The summed E-state index contributed by atoms with van der Waals surface area (Å²) >= 11 is 10.00. The number of thiocarbonyl (C=S) groups is 1. The molecular formula is C16H19BrN2O2S2. The van der Waals surface area contributed by atoms with E-state index in [-0.39, 0.29) is 11.8 Å². The fraction of sp³-hybridized carbons (Fsp3) is 0.438. The molecule has 0 bridgehead atoms. The highest BCUT2D eigenvalue weighted by Gasteiger charge is 2.25. The maximum absolute atomic E-state index is 11.9. The second kappa shape index (κ2) is 8.80. The maximum atomic E-state index is 11.9. The van der Waals surface area contributed by atoms with E-state index in [0.29, 0.717) is 23.0 Å². The van der Waals surface area contributed by atoms with Crippen molar-refractivity contribution in [1.29, 1.82) is 0 Å². The number of carbonyl (C=O) groups is 2. The second-order valence-electron chi connectivity index (χ2n) is 5.42. The van der Waals surface area contributed by atoms with Crippen molar-refractivity contribution < 1.29 is 9.59 Å². The molecule has 0 aliphatic carbocycles. The Morgan fingerprint density at radius 1 is 1.39 bits per heavy atom. The van der Waals surface area contributed by atoms with E-state index in [1.807, 2.05) is 25.1 Å². The van der Waals surface area contributed by atoms with Gasteiger partial charge in [0.15, 0.2) is 0 Å². The Hall–Kier alpha value is -0.920. The summed E-state index contributed by atoms with van der Waals surface area (Å²) in [6, 6.07) is 5.76. The van der Waals surface area contributed by atoms with Gasteiger partial charge in [0.25, 0.3) is 0 Å². The van der Waals surface area contributed by atoms with E-state index in [0.717, 1.165) is 35.0 Å². The van der Waals surface area contributed by atoms with Gasteiger partial charge in [-0.25, -0.2) is 0 Å². The van der Waals surface area contributed by atoms with Crippen LogP contribution in [0.4, 0.5) is 5.69 Å². The molecule has 1 aromatic carbocycles. The zero-order chi connectivity index (χ0) is 16.8. The highest BCUT2D eigenvalue weighted by Crippen LogP contribution is 2.21. The second-order valence-corrected chi connectivity index (χ2v) is 7.89. The average Bonchev–Trinajstić information content (AvgIpc) is 2.82. The third kappa shape index (κ3) is 5.58. The first-order valence-corrected chi connectivity index (χ1v) is 9.69. The highest BCUT2D eigenvalue weighted by molar-refractivity contribution is 9.10. The van der Waals surface area contributed by atoms with Gasteiger partial charge < -0.3 is 5.32 Å². The van der Waals surface area contributed by atoms with Crippen LogP contribution >= 0.6 is 39.9 Å². The molecule has 0 radical (unpaired) electrons. The molecule has 1 heterocycles. The van der Waals surface area contributed by atoms with Crippen LogP contribution in [0.1, 0.15) is 31.2 Å². The topological polar surface area (TPSA) is 49.4 Å². The first-order valence-electron chi connectivity index (χ1n) is 7.50. The number of amides is 2. The number of hydrogen-bond donors (Lipinski definition) is 1. The predicted octanol–water partition coefficient (Wildman–Crippen LogP) is 4.12. The van der Waals surface area contributed by atoms with Crippen molar-refractivity contribution in [1.82, 2.24) is 4.90 Å². The number of halogens is 1. The summed E-state index contributed by atoms with van der Waals surface area (Å²) in [5.41, 5.74) is 1.91. The summed E-state index contributed by atoms with van der Waals surface area (Å²) in [5.74, 6) is 0.590. The molecule has 1 aliphatic rings. The number of hydrogen-bond acceptors (Lipinski definition) is 4. The number of carbonyl (C=O) groups excluding carboxylic acids is 2. The van der Waals surface area contributed by atoms with Gasteiger partial charge in [0, 0.05) is 23.1 Å². The molecule has 0 saturated carbocycles. The SMILES string of the molecule is Cc1cc(NC(=O)CCCCCN2C(=O)CSC2=S)ccc1Br. The molecule has 7 heteroatoms. The van der Waals surface area contributed by atoms with Crippen molar-refractivity contribution in [3.8, 4) is 0 Å². The molecule has 0 atom stereocenters. The predicted molar refractivity (Wildman–Crippen MR) is 103 cm³/mol. The van der Waals surface area contributed by atoms with Crippen LogP contribution in [0.3, 0.4) is 0 Å². The number of thioether (sulfide) groups is 1. The number of anilines is 1. The molecule has 1 fully saturated rings. The van der Waals surface area contributed by atoms with Gasteiger partial charge >= 0.3 is 0 Å². The average molecular weight is 415 g/mol. The summed E-state index contributed by atoms with van der Waals surface area (Å²) in [4.78, 5) is 25.2. The molecule has 1 aromatic rings. The standard InChI is InChI=1S/C16H19BrN2O2S2/c1-11-9-12(6-7-13(11)17)18-14(20)5-3-2-4-8-19-15(21)10-23-16(19)22/h6-7,9H,2-5,8,10H2,1H3,(H,18,20). The molecule has 1 N–H and O–H groups in total. The third-order valence-electron chi connectivity index (χ3n) is 3.57. The Labute approximate surface area is 154 Å². The minimum atomic E-state index is 0.0232. The maximum Gasteiger partial charge on any atom is 0.238 e. The van der Waals surface area contributed by atoms with E-state index in [9.17, 15) is 9.59 Å². The Balaban J connectivity index is 1.64. The van der Waals surface area contributed by atoms with Crippen molar-refractivity contribution in [2.45, 2.75) is 32.6 Å². The monoisotopic (exact) mass is 414 g/mol. The lowest BCUT2D eigenvalue weighted by atomic mass is 10.1. The normalized spacial score (nSPS) is 14.4. The fourth-order valence-corrected chi connectivity index (χ4v) is 3.64. The number of unbranched alkanes of at least 4 members (excludes halogenated alkanes) is 2. The van der Waals surface area contributed by atoms with Crippen LogP contribution in [-0.2, 0) is 9.59 Å². The van der Waals surface area contributed by atoms with Crippen molar-refractivity contribution >= 4 is 61.7 Å². The zero-order valence-electron chi connectivity index (χ0n) is 12.9. The van der Waals surface area contributed by atoms with E-state index in [4.69, 9.17) is 12.2 Å². The molecular weight excluding hydrogens is 396 g/mol. The molecule has 2 amide bonds. The Bertz CT molecular complexity index is 606. The minimum absolute atomic E-state index is 0.0232. The first kappa shape index (κ1) is 18.4. The molecule has 0 aromatic heterocycles. The van der Waals surface area contributed by atoms with E-state index in [1.165, 1.54) is 11.8 Å². The van der Waals surface area contributed by atoms with Crippen LogP contribution in [0.2, 0.25) is 0 Å². The summed E-state index contributed by atoms with van der Waals surface area (Å²) in [5, 5.41) is 2.91. The van der Waals surface area contributed by atoms with E-state index < -0.39 is 0 Å². The van der Waals surface area contributed by atoms with Crippen LogP contribution < -0.4 is 5.32 Å². The van der Waals surface area contributed by atoms with Gasteiger partial charge in [-0.3, -0.25) is 14.5 Å². The van der Waals surface area contributed by atoms with Crippen LogP contribution in [-0.4, -0.2) is 33.3 Å². The van der Waals surface area contributed by atoms with Gasteiger partial charge in [0.1, 0.15) is 4.32 Å². The number of nitrogens with zero attached hydrogens (tertiary/aromatic N) is 1. The van der Waals surface area contributed by atoms with Crippen molar-refractivity contribution in [3.63, 3.8) is 0 Å². The number of rotatable bonds is 7. The summed E-state index contributed by atoms with van der Waals surface area (Å²) in [7, 11) is 0. The number of aryl methyl sites for hydroxylation is 1. The molecule has 124 valence electrons. The van der Waals surface area contributed by atoms with Gasteiger partial charge in [-0.1, -0.05) is 46.3 Å². The smallest absolute Gasteiger partial charge is 0.238 e. The molecule has 2 rings (SSSR count). The van der Waals surface area contributed by atoms with Crippen molar-refractivity contribution in [2.75, 3.05) is 17.6 Å². The van der Waals surface area contributed by atoms with Gasteiger partial charge in [0.2, 0.25) is 11.8 Å². The highest BCUT2D eigenvalue weighted by atomic mass is 79.9. The summed E-state index contributed by atoms with van der Waals surface area (Å²) in [6.07, 6.45) is 3.08. The largest absolute Gasteiger partial charge is 0.326 e. The zero-order valence-corrected chi connectivity index (χ0v) is 16.2. The Morgan fingerprint density at radius 2 is 2.17 bits per heavy atom. The quantitative estimate of drug-likeness (QED) is 0.538. The molecule has 23 heavy (non-hydrogen) atoms.